The van der Waals surface area contributed by atoms with E-state index in [1.54, 1.807) is 48.7 Å². The van der Waals surface area contributed by atoms with Crippen molar-refractivity contribution in [2.75, 3.05) is 18.4 Å². The van der Waals surface area contributed by atoms with Gasteiger partial charge in [-0.3, -0.25) is 20.4 Å². The van der Waals surface area contributed by atoms with Gasteiger partial charge < -0.3 is 16.0 Å². The number of nitrogens with zero attached hydrogens (tertiary/aromatic N) is 4. The molecule has 0 saturated carbocycles. The number of hydrogen-bond donors (Lipinski definition) is 4. The van der Waals surface area contributed by atoms with Crippen LogP contribution in [0.1, 0.15) is 40.9 Å². The Morgan fingerprint density at radius 2 is 1.77 bits per heavy atom. The second kappa shape index (κ2) is 12.4. The third-order valence-corrected chi connectivity index (χ3v) is 7.84. The number of halogens is 3. The van der Waals surface area contributed by atoms with E-state index < -0.39 is 17.9 Å². The van der Waals surface area contributed by atoms with E-state index in [0.29, 0.717) is 38.7 Å². The van der Waals surface area contributed by atoms with E-state index in [-0.39, 0.29) is 41.8 Å². The molecule has 2 aliphatic rings. The van der Waals surface area contributed by atoms with Gasteiger partial charge in [-0.2, -0.15) is 0 Å². The maximum atomic E-state index is 14.9. The normalized spacial score (nSPS) is 18.8. The van der Waals surface area contributed by atoms with Crippen LogP contribution in [0.3, 0.4) is 0 Å². The predicted octanol–water partition coefficient (Wildman–Crippen LogP) is 4.82. The number of nitrogens with two attached hydrogens (primary N) is 1. The van der Waals surface area contributed by atoms with Gasteiger partial charge in [-0.25, -0.2) is 18.7 Å². The summed E-state index contributed by atoms with van der Waals surface area (Å²) in [4.78, 5) is 28.9. The fraction of sp³-hybridized carbons (Fsp3) is 0.250. The van der Waals surface area contributed by atoms with Crippen molar-refractivity contribution < 1.29 is 13.6 Å². The van der Waals surface area contributed by atoms with Gasteiger partial charge in [0.2, 0.25) is 5.95 Å². The van der Waals surface area contributed by atoms with Gasteiger partial charge in [0.05, 0.1) is 23.5 Å². The fourth-order valence-corrected chi connectivity index (χ4v) is 5.87. The molecular weight excluding hydrogens is 586 g/mol. The Labute approximate surface area is 258 Å². The molecule has 0 bridgehead atoms. The van der Waals surface area contributed by atoms with Crippen LogP contribution in [0.2, 0.25) is 5.02 Å². The molecule has 1 aromatic heterocycles. The summed E-state index contributed by atoms with van der Waals surface area (Å²) in [5.74, 6) is -1.49. The highest BCUT2D eigenvalue weighted by atomic mass is 35.5. The topological polar surface area (TPSA) is 121 Å². The number of piperazine rings is 1. The molecule has 226 valence electrons. The Kier molecular flexibility index (Phi) is 8.37. The fourth-order valence-electron chi connectivity index (χ4n) is 5.69. The summed E-state index contributed by atoms with van der Waals surface area (Å²) in [6, 6.07) is 16.2. The lowest BCUT2D eigenvalue weighted by atomic mass is 9.95. The third-order valence-electron chi connectivity index (χ3n) is 7.60. The van der Waals surface area contributed by atoms with Crippen LogP contribution in [0.25, 0.3) is 11.3 Å². The van der Waals surface area contributed by atoms with E-state index in [9.17, 15) is 13.6 Å². The predicted molar refractivity (Wildman–Crippen MR) is 167 cm³/mol. The Morgan fingerprint density at radius 3 is 2.52 bits per heavy atom. The molecule has 6 rings (SSSR count). The van der Waals surface area contributed by atoms with Crippen LogP contribution in [0, 0.1) is 11.6 Å². The molecule has 1 saturated heterocycles. The summed E-state index contributed by atoms with van der Waals surface area (Å²) in [5.41, 5.74) is 9.53. The summed E-state index contributed by atoms with van der Waals surface area (Å²) in [5, 5.41) is 9.89. The summed E-state index contributed by atoms with van der Waals surface area (Å²) in [6.45, 7) is 5.71. The van der Waals surface area contributed by atoms with Crippen LogP contribution in [0.5, 0.6) is 0 Å². The molecule has 4 aromatic rings. The summed E-state index contributed by atoms with van der Waals surface area (Å²) in [7, 11) is 0. The minimum atomic E-state index is -0.726. The second-order valence-corrected chi connectivity index (χ2v) is 11.5. The van der Waals surface area contributed by atoms with Gasteiger partial charge in [-0.05, 0) is 56.3 Å². The van der Waals surface area contributed by atoms with Crippen LogP contribution >= 0.6 is 11.6 Å². The van der Waals surface area contributed by atoms with Gasteiger partial charge in [0.25, 0.3) is 5.91 Å². The Hall–Kier alpha value is -4.29. The van der Waals surface area contributed by atoms with E-state index in [1.165, 1.54) is 18.2 Å². The highest BCUT2D eigenvalue weighted by molar-refractivity contribution is 6.31. The zero-order valence-corrected chi connectivity index (χ0v) is 24.9. The summed E-state index contributed by atoms with van der Waals surface area (Å²) >= 11 is 6.32. The Balaban J connectivity index is 1.25. The first kappa shape index (κ1) is 29.8. The van der Waals surface area contributed by atoms with Gasteiger partial charge in [0.1, 0.15) is 17.9 Å². The maximum Gasteiger partial charge on any atom is 0.253 e. The van der Waals surface area contributed by atoms with Crippen LogP contribution in [0.15, 0.2) is 71.9 Å². The molecule has 3 unspecified atom stereocenters. The van der Waals surface area contributed by atoms with E-state index in [2.05, 4.69) is 39.8 Å². The zero-order valence-electron chi connectivity index (χ0n) is 24.1. The van der Waals surface area contributed by atoms with Crippen molar-refractivity contribution in [1.29, 1.82) is 0 Å². The molecule has 0 spiro atoms. The number of amides is 1. The molecule has 0 aliphatic carbocycles. The smallest absolute Gasteiger partial charge is 0.253 e. The number of carbonyl (C=O) groups excluding carboxylic acids is 1. The molecule has 12 heteroatoms. The average Bonchev–Trinajstić information content (AvgIpc) is 3.13. The molecule has 2 aliphatic heterocycles. The molecule has 3 atom stereocenters. The third kappa shape index (κ3) is 6.18. The van der Waals surface area contributed by atoms with E-state index in [0.717, 1.165) is 13.1 Å². The number of carbonyl (C=O) groups is 1. The zero-order chi connectivity index (χ0) is 31.0. The van der Waals surface area contributed by atoms with Crippen molar-refractivity contribution >= 4 is 34.9 Å². The van der Waals surface area contributed by atoms with Crippen LogP contribution in [-0.2, 0) is 6.54 Å². The van der Waals surface area contributed by atoms with E-state index >= 15 is 0 Å². The number of benzene rings is 3. The highest BCUT2D eigenvalue weighted by Crippen LogP contribution is 2.34. The lowest BCUT2D eigenvalue weighted by Crippen LogP contribution is -2.63. The molecule has 0 radical (unpaired) electrons. The molecule has 3 heterocycles. The average molecular weight is 617 g/mol. The lowest BCUT2D eigenvalue weighted by molar-refractivity contribution is 0.0756. The molecule has 5 N–H and O–H groups in total. The number of nitrogens with one attached hydrogen (secondary N) is 3. The number of aliphatic imine (C=N–C) groups is 1. The molecule has 3 aromatic carbocycles. The maximum absolute atomic E-state index is 14.9. The van der Waals surface area contributed by atoms with E-state index in [4.69, 9.17) is 22.3 Å². The SMILES string of the molecule is CC1CN(C(N)NC(=O)c2cccc(Nc3ncc4c(n3)-c3ccc(Cl)cc3C(c3c(F)cccc3F)=NC4)c2)CC(C)N1. The van der Waals surface area contributed by atoms with Gasteiger partial charge in [-0.1, -0.05) is 29.8 Å². The standard InChI is InChI=1S/C32H31ClF2N8O/c1-17-15-43(16-18(2)39-17)31(36)42-30(44)19-5-3-6-22(11-19)40-32-38-14-20-13-37-29(27-25(34)7-4-8-26(27)35)24-12-21(33)9-10-23(24)28(20)41-32/h3-12,14,17-18,31,39H,13,15-16,36H2,1-2H3,(H,42,44)(H,38,40,41). The van der Waals surface area contributed by atoms with Crippen molar-refractivity contribution in [1.82, 2.24) is 25.5 Å². The van der Waals surface area contributed by atoms with Gasteiger partial charge in [0.15, 0.2) is 0 Å². The van der Waals surface area contributed by atoms with Gasteiger partial charge >= 0.3 is 0 Å². The highest BCUT2D eigenvalue weighted by Gasteiger charge is 2.27. The first-order valence-electron chi connectivity index (χ1n) is 14.2. The first-order valence-corrected chi connectivity index (χ1v) is 14.6. The molecule has 1 fully saturated rings. The van der Waals surface area contributed by atoms with E-state index in [1.807, 2.05) is 4.90 Å². The number of fused-ring (bicyclic) bond motifs is 3. The van der Waals surface area contributed by atoms with Crippen LogP contribution in [0.4, 0.5) is 20.4 Å². The molecule has 9 nitrogen and oxygen atoms in total. The summed E-state index contributed by atoms with van der Waals surface area (Å²) in [6.07, 6.45) is 0.996. The van der Waals surface area contributed by atoms with Crippen molar-refractivity contribution in [3.63, 3.8) is 0 Å². The van der Waals surface area contributed by atoms with Crippen molar-refractivity contribution in [2.45, 2.75) is 38.8 Å². The lowest BCUT2D eigenvalue weighted by Gasteiger charge is -2.39. The van der Waals surface area contributed by atoms with Crippen molar-refractivity contribution in [2.24, 2.45) is 10.7 Å². The number of anilines is 2. The minimum Gasteiger partial charge on any atom is -0.324 e. The molecule has 1 amide bonds. The molecular formula is C32H31ClF2N8O. The quantitative estimate of drug-likeness (QED) is 0.229. The first-order chi connectivity index (χ1) is 21.2. The Morgan fingerprint density at radius 1 is 1.05 bits per heavy atom. The minimum absolute atomic E-state index is 0.103. The molecule has 44 heavy (non-hydrogen) atoms. The van der Waals surface area contributed by atoms with Gasteiger partial charge in [-0.15, -0.1) is 0 Å². The second-order valence-electron chi connectivity index (χ2n) is 11.1. The largest absolute Gasteiger partial charge is 0.324 e. The van der Waals surface area contributed by atoms with Gasteiger partial charge in [0, 0.05) is 64.3 Å². The van der Waals surface area contributed by atoms with Crippen LogP contribution in [-0.4, -0.2) is 57.9 Å². The summed E-state index contributed by atoms with van der Waals surface area (Å²) < 4.78 is 29.7. The Bertz CT molecular complexity index is 1740. The number of hydrogen-bond acceptors (Lipinski definition) is 8. The van der Waals surface area contributed by atoms with Crippen LogP contribution < -0.4 is 21.7 Å². The number of rotatable bonds is 6. The van der Waals surface area contributed by atoms with Crippen molar-refractivity contribution in [3.8, 4) is 11.3 Å². The monoisotopic (exact) mass is 616 g/mol. The van der Waals surface area contributed by atoms with Crippen molar-refractivity contribution in [3.05, 3.63) is 106 Å². The number of aromatic nitrogens is 2.